The van der Waals surface area contributed by atoms with E-state index in [0.29, 0.717) is 13.1 Å². The zero-order valence-corrected chi connectivity index (χ0v) is 11.1. The van der Waals surface area contributed by atoms with Crippen LogP contribution in [0.4, 0.5) is 4.79 Å². The van der Waals surface area contributed by atoms with Crippen molar-refractivity contribution in [2.24, 2.45) is 5.73 Å². The van der Waals surface area contributed by atoms with Crippen molar-refractivity contribution in [3.8, 4) is 0 Å². The van der Waals surface area contributed by atoms with Gasteiger partial charge in [-0.1, -0.05) is 13.3 Å². The molecule has 1 saturated heterocycles. The summed E-state index contributed by atoms with van der Waals surface area (Å²) < 4.78 is 0. The third kappa shape index (κ3) is 5.01. The Hall–Kier alpha value is -1.14. The standard InChI is InChI=1S/C12H24N4O2/c1-2-6-14-12(18)15-11(17)9-16-7-4-3-5-10(16)8-13/h10H,2-9,13H2,1H3,(H2,14,15,17,18). The fourth-order valence-electron chi connectivity index (χ4n) is 2.17. The lowest BCUT2D eigenvalue weighted by atomic mass is 10.0. The number of piperidine rings is 1. The first-order valence-electron chi connectivity index (χ1n) is 6.69. The lowest BCUT2D eigenvalue weighted by molar-refractivity contribution is -0.122. The van der Waals surface area contributed by atoms with Gasteiger partial charge in [0.1, 0.15) is 0 Å². The molecule has 0 aromatic carbocycles. The molecule has 1 aliphatic rings. The molecule has 1 unspecified atom stereocenters. The van der Waals surface area contributed by atoms with Crippen LogP contribution in [0, 0.1) is 0 Å². The van der Waals surface area contributed by atoms with Crippen molar-refractivity contribution < 1.29 is 9.59 Å². The van der Waals surface area contributed by atoms with Crippen molar-refractivity contribution in [2.75, 3.05) is 26.2 Å². The normalized spacial score (nSPS) is 20.4. The molecule has 1 aliphatic heterocycles. The fourth-order valence-corrected chi connectivity index (χ4v) is 2.17. The largest absolute Gasteiger partial charge is 0.338 e. The van der Waals surface area contributed by atoms with Crippen LogP contribution in [-0.4, -0.2) is 49.1 Å². The molecular formula is C12H24N4O2. The summed E-state index contributed by atoms with van der Waals surface area (Å²) >= 11 is 0. The van der Waals surface area contributed by atoms with Gasteiger partial charge in [0.15, 0.2) is 0 Å². The maximum atomic E-state index is 11.7. The number of hydrogen-bond donors (Lipinski definition) is 3. The zero-order valence-electron chi connectivity index (χ0n) is 11.1. The summed E-state index contributed by atoms with van der Waals surface area (Å²) in [5, 5.41) is 4.95. The summed E-state index contributed by atoms with van der Waals surface area (Å²) in [6.07, 6.45) is 4.14. The molecule has 0 bridgehead atoms. The molecular weight excluding hydrogens is 232 g/mol. The number of carbonyl (C=O) groups excluding carboxylic acids is 2. The van der Waals surface area contributed by atoms with E-state index in [4.69, 9.17) is 5.73 Å². The number of nitrogens with one attached hydrogen (secondary N) is 2. The number of imide groups is 1. The van der Waals surface area contributed by atoms with E-state index in [9.17, 15) is 9.59 Å². The number of carbonyl (C=O) groups is 2. The molecule has 6 nitrogen and oxygen atoms in total. The van der Waals surface area contributed by atoms with Crippen LogP contribution in [0.15, 0.2) is 0 Å². The molecule has 0 aromatic rings. The predicted octanol–water partition coefficient (Wildman–Crippen LogP) is 0.0354. The number of amides is 3. The number of nitrogens with two attached hydrogens (primary N) is 1. The minimum Gasteiger partial charge on any atom is -0.338 e. The molecule has 1 heterocycles. The van der Waals surface area contributed by atoms with Gasteiger partial charge in [-0.05, 0) is 25.8 Å². The highest BCUT2D eigenvalue weighted by Crippen LogP contribution is 2.15. The van der Waals surface area contributed by atoms with Crippen LogP contribution in [0.1, 0.15) is 32.6 Å². The average molecular weight is 256 g/mol. The van der Waals surface area contributed by atoms with Crippen molar-refractivity contribution in [1.82, 2.24) is 15.5 Å². The quantitative estimate of drug-likeness (QED) is 0.648. The van der Waals surface area contributed by atoms with Crippen LogP contribution < -0.4 is 16.4 Å². The van der Waals surface area contributed by atoms with Crippen LogP contribution in [0.3, 0.4) is 0 Å². The minimum absolute atomic E-state index is 0.251. The summed E-state index contributed by atoms with van der Waals surface area (Å²) in [4.78, 5) is 25.1. The average Bonchev–Trinajstić information content (AvgIpc) is 2.36. The Bertz CT molecular complexity index is 283. The van der Waals surface area contributed by atoms with Gasteiger partial charge in [0.25, 0.3) is 0 Å². The van der Waals surface area contributed by atoms with Crippen LogP contribution in [0.25, 0.3) is 0 Å². The fraction of sp³-hybridized carbons (Fsp3) is 0.833. The molecule has 0 aliphatic carbocycles. The smallest absolute Gasteiger partial charge is 0.321 e. The minimum atomic E-state index is -0.414. The van der Waals surface area contributed by atoms with E-state index in [1.54, 1.807) is 0 Å². The topological polar surface area (TPSA) is 87.5 Å². The van der Waals surface area contributed by atoms with E-state index in [1.807, 2.05) is 6.92 Å². The second-order valence-corrected chi connectivity index (χ2v) is 4.66. The first-order chi connectivity index (χ1) is 8.67. The van der Waals surface area contributed by atoms with Gasteiger partial charge < -0.3 is 11.1 Å². The Labute approximate surface area is 108 Å². The first-order valence-corrected chi connectivity index (χ1v) is 6.69. The summed E-state index contributed by atoms with van der Waals surface area (Å²) in [7, 11) is 0. The molecule has 0 saturated carbocycles. The Morgan fingerprint density at radius 1 is 1.39 bits per heavy atom. The van der Waals surface area contributed by atoms with Gasteiger partial charge in [-0.15, -0.1) is 0 Å². The van der Waals surface area contributed by atoms with Gasteiger partial charge in [-0.2, -0.15) is 0 Å². The lowest BCUT2D eigenvalue weighted by Gasteiger charge is -2.34. The second-order valence-electron chi connectivity index (χ2n) is 4.66. The van der Waals surface area contributed by atoms with E-state index in [2.05, 4.69) is 15.5 Å². The lowest BCUT2D eigenvalue weighted by Crippen LogP contribution is -2.50. The Morgan fingerprint density at radius 3 is 2.83 bits per heavy atom. The van der Waals surface area contributed by atoms with Crippen molar-refractivity contribution in [3.63, 3.8) is 0 Å². The van der Waals surface area contributed by atoms with Crippen molar-refractivity contribution in [1.29, 1.82) is 0 Å². The van der Waals surface area contributed by atoms with E-state index in [1.165, 1.54) is 0 Å². The number of likely N-dealkylation sites (tertiary alicyclic amines) is 1. The van der Waals surface area contributed by atoms with Crippen molar-refractivity contribution >= 4 is 11.9 Å². The molecule has 1 atom stereocenters. The first kappa shape index (κ1) is 14.9. The Kier molecular flexibility index (Phi) is 6.67. The highest BCUT2D eigenvalue weighted by molar-refractivity contribution is 5.95. The van der Waals surface area contributed by atoms with Gasteiger partial charge in [-0.3, -0.25) is 15.0 Å². The van der Waals surface area contributed by atoms with E-state index in [0.717, 1.165) is 32.2 Å². The highest BCUT2D eigenvalue weighted by atomic mass is 16.2. The Morgan fingerprint density at radius 2 is 2.17 bits per heavy atom. The molecule has 6 heteroatoms. The predicted molar refractivity (Wildman–Crippen MR) is 70.1 cm³/mol. The van der Waals surface area contributed by atoms with Crippen LogP contribution in [0.2, 0.25) is 0 Å². The maximum Gasteiger partial charge on any atom is 0.321 e. The van der Waals surface area contributed by atoms with Gasteiger partial charge in [0.05, 0.1) is 6.54 Å². The van der Waals surface area contributed by atoms with Gasteiger partial charge in [-0.25, -0.2) is 4.79 Å². The Balaban J connectivity index is 2.31. The summed E-state index contributed by atoms with van der Waals surface area (Å²) in [6, 6.07) is -0.147. The van der Waals surface area contributed by atoms with Crippen LogP contribution in [-0.2, 0) is 4.79 Å². The maximum absolute atomic E-state index is 11.7. The molecule has 18 heavy (non-hydrogen) atoms. The molecule has 1 rings (SSSR count). The zero-order chi connectivity index (χ0) is 13.4. The molecule has 4 N–H and O–H groups in total. The summed E-state index contributed by atoms with van der Waals surface area (Å²) in [6.45, 7) is 4.23. The van der Waals surface area contributed by atoms with Gasteiger partial charge in [0.2, 0.25) is 5.91 Å². The number of hydrogen-bond acceptors (Lipinski definition) is 4. The second kappa shape index (κ2) is 8.05. The molecule has 3 amide bonds. The highest BCUT2D eigenvalue weighted by Gasteiger charge is 2.23. The third-order valence-corrected chi connectivity index (χ3v) is 3.16. The molecule has 0 aromatic heterocycles. The van der Waals surface area contributed by atoms with Gasteiger partial charge in [0, 0.05) is 19.1 Å². The number of urea groups is 1. The number of rotatable bonds is 5. The van der Waals surface area contributed by atoms with Crippen molar-refractivity contribution in [2.45, 2.75) is 38.6 Å². The van der Waals surface area contributed by atoms with E-state index < -0.39 is 6.03 Å². The molecule has 104 valence electrons. The monoisotopic (exact) mass is 256 g/mol. The SMILES string of the molecule is CCCNC(=O)NC(=O)CN1CCCCC1CN. The van der Waals surface area contributed by atoms with Crippen LogP contribution in [0.5, 0.6) is 0 Å². The van der Waals surface area contributed by atoms with Crippen molar-refractivity contribution in [3.05, 3.63) is 0 Å². The van der Waals surface area contributed by atoms with E-state index in [-0.39, 0.29) is 18.5 Å². The molecule has 1 fully saturated rings. The summed E-state index contributed by atoms with van der Waals surface area (Å²) in [5.74, 6) is -0.260. The number of nitrogens with zero attached hydrogens (tertiary/aromatic N) is 1. The molecule has 0 spiro atoms. The van der Waals surface area contributed by atoms with Gasteiger partial charge >= 0.3 is 6.03 Å². The van der Waals surface area contributed by atoms with E-state index >= 15 is 0 Å². The molecule has 0 radical (unpaired) electrons. The summed E-state index contributed by atoms with van der Waals surface area (Å²) in [5.41, 5.74) is 5.68. The van der Waals surface area contributed by atoms with Crippen LogP contribution >= 0.6 is 0 Å². The third-order valence-electron chi connectivity index (χ3n) is 3.16.